The van der Waals surface area contributed by atoms with Crippen molar-refractivity contribution in [1.29, 1.82) is 0 Å². The second-order valence-corrected chi connectivity index (χ2v) is 4.86. The van der Waals surface area contributed by atoms with Gasteiger partial charge in [0.1, 0.15) is 5.56 Å². The first-order valence-corrected chi connectivity index (χ1v) is 6.72. The van der Waals surface area contributed by atoms with E-state index in [4.69, 9.17) is 4.74 Å². The largest absolute Gasteiger partial charge is 0.388 e. The third kappa shape index (κ3) is 2.74. The third-order valence-corrected chi connectivity index (χ3v) is 3.35. The van der Waals surface area contributed by atoms with Crippen LogP contribution in [-0.4, -0.2) is 51.1 Å². The smallest absolute Gasteiger partial charge is 0.284 e. The van der Waals surface area contributed by atoms with Crippen molar-refractivity contribution in [2.45, 2.75) is 12.1 Å². The Morgan fingerprint density at radius 1 is 1.36 bits per heavy atom. The van der Waals surface area contributed by atoms with Gasteiger partial charge in [0.2, 0.25) is 0 Å². The molecule has 0 aromatic carbocycles. The molecule has 114 valence electrons. The minimum Gasteiger partial charge on any atom is -0.388 e. The first-order chi connectivity index (χ1) is 10.7. The van der Waals surface area contributed by atoms with Gasteiger partial charge in [0.15, 0.2) is 0 Å². The maximum absolute atomic E-state index is 12.4. The van der Waals surface area contributed by atoms with Crippen molar-refractivity contribution >= 4 is 5.91 Å². The number of aromatic nitrogens is 3. The SMILES string of the molecule is O=C(N[C@@H]1COC[C@@H]1O)c1ccnn(-c2cccnc2)c1=O. The van der Waals surface area contributed by atoms with Crippen molar-refractivity contribution in [3.63, 3.8) is 0 Å². The topological polar surface area (TPSA) is 106 Å². The van der Waals surface area contributed by atoms with Crippen LogP contribution in [0.5, 0.6) is 0 Å². The van der Waals surface area contributed by atoms with Gasteiger partial charge in [-0.3, -0.25) is 14.6 Å². The number of aliphatic hydroxyl groups is 1. The molecule has 1 fully saturated rings. The van der Waals surface area contributed by atoms with Crippen LogP contribution in [0.25, 0.3) is 5.69 Å². The summed E-state index contributed by atoms with van der Waals surface area (Å²) in [4.78, 5) is 28.5. The van der Waals surface area contributed by atoms with Gasteiger partial charge in [-0.1, -0.05) is 0 Å². The lowest BCUT2D eigenvalue weighted by molar-refractivity contribution is 0.0884. The highest BCUT2D eigenvalue weighted by Crippen LogP contribution is 2.06. The molecule has 8 heteroatoms. The van der Waals surface area contributed by atoms with Gasteiger partial charge in [-0.15, -0.1) is 0 Å². The Labute approximate surface area is 125 Å². The molecule has 0 aliphatic carbocycles. The molecule has 0 saturated carbocycles. The molecule has 0 radical (unpaired) electrons. The van der Waals surface area contributed by atoms with Gasteiger partial charge in [0, 0.05) is 12.4 Å². The number of ether oxygens (including phenoxy) is 1. The number of nitrogens with one attached hydrogen (secondary N) is 1. The zero-order valence-corrected chi connectivity index (χ0v) is 11.5. The number of hydrogen-bond donors (Lipinski definition) is 2. The monoisotopic (exact) mass is 302 g/mol. The maximum Gasteiger partial charge on any atom is 0.284 e. The normalized spacial score (nSPS) is 20.8. The van der Waals surface area contributed by atoms with Crippen LogP contribution in [-0.2, 0) is 4.74 Å². The third-order valence-electron chi connectivity index (χ3n) is 3.35. The van der Waals surface area contributed by atoms with E-state index in [1.165, 1.54) is 18.5 Å². The molecule has 3 heterocycles. The van der Waals surface area contributed by atoms with E-state index in [1.807, 2.05) is 0 Å². The molecule has 0 bridgehead atoms. The summed E-state index contributed by atoms with van der Waals surface area (Å²) in [5, 5.41) is 16.2. The predicted octanol–water partition coefficient (Wildman–Crippen LogP) is -0.883. The van der Waals surface area contributed by atoms with Gasteiger partial charge >= 0.3 is 0 Å². The summed E-state index contributed by atoms with van der Waals surface area (Å²) >= 11 is 0. The molecule has 2 aromatic rings. The standard InChI is InChI=1S/C14H14N4O4/c19-12-8-22-7-11(12)17-13(20)10-3-5-16-18(14(10)21)9-2-1-4-15-6-9/h1-6,11-12,19H,7-8H2,(H,17,20)/t11-,12+/m1/s1. The second kappa shape index (κ2) is 6.04. The van der Waals surface area contributed by atoms with Crippen LogP contribution < -0.4 is 10.9 Å². The molecule has 0 spiro atoms. The van der Waals surface area contributed by atoms with E-state index in [9.17, 15) is 14.7 Å². The minimum absolute atomic E-state index is 0.0575. The fraction of sp³-hybridized carbons (Fsp3) is 0.286. The molecule has 22 heavy (non-hydrogen) atoms. The number of carbonyl (C=O) groups excluding carboxylic acids is 1. The Bertz CT molecular complexity index is 731. The van der Waals surface area contributed by atoms with Gasteiger partial charge < -0.3 is 15.2 Å². The molecule has 1 aliphatic rings. The van der Waals surface area contributed by atoms with E-state index in [-0.39, 0.29) is 18.8 Å². The van der Waals surface area contributed by atoms with Crippen LogP contribution in [0.2, 0.25) is 0 Å². The Hall–Kier alpha value is -2.58. The number of amides is 1. The number of rotatable bonds is 3. The first-order valence-electron chi connectivity index (χ1n) is 6.72. The van der Waals surface area contributed by atoms with E-state index in [0.29, 0.717) is 5.69 Å². The molecule has 0 unspecified atom stereocenters. The number of aliphatic hydroxyl groups excluding tert-OH is 1. The van der Waals surface area contributed by atoms with Crippen LogP contribution in [0.1, 0.15) is 10.4 Å². The molecule has 1 saturated heterocycles. The highest BCUT2D eigenvalue weighted by molar-refractivity contribution is 5.94. The fourth-order valence-electron chi connectivity index (χ4n) is 2.18. The maximum atomic E-state index is 12.4. The van der Waals surface area contributed by atoms with Crippen LogP contribution in [0, 0.1) is 0 Å². The number of nitrogens with zero attached hydrogens (tertiary/aromatic N) is 3. The highest BCUT2D eigenvalue weighted by Gasteiger charge is 2.28. The van der Waals surface area contributed by atoms with Gasteiger partial charge in [0.05, 0.1) is 37.2 Å². The summed E-state index contributed by atoms with van der Waals surface area (Å²) in [5.74, 6) is -0.570. The molecule has 2 atom stereocenters. The lowest BCUT2D eigenvalue weighted by atomic mass is 10.2. The molecule has 2 aromatic heterocycles. The van der Waals surface area contributed by atoms with Crippen molar-refractivity contribution < 1.29 is 14.6 Å². The highest BCUT2D eigenvalue weighted by atomic mass is 16.5. The summed E-state index contributed by atoms with van der Waals surface area (Å²) < 4.78 is 6.16. The molecule has 1 amide bonds. The summed E-state index contributed by atoms with van der Waals surface area (Å²) in [5.41, 5.74) is -0.147. The van der Waals surface area contributed by atoms with Crippen LogP contribution >= 0.6 is 0 Å². The Kier molecular flexibility index (Phi) is 3.94. The van der Waals surface area contributed by atoms with Gasteiger partial charge in [-0.25, -0.2) is 0 Å². The Morgan fingerprint density at radius 3 is 2.91 bits per heavy atom. The summed E-state index contributed by atoms with van der Waals surface area (Å²) in [6.45, 7) is 0.385. The van der Waals surface area contributed by atoms with Crippen molar-refractivity contribution in [3.8, 4) is 5.69 Å². The van der Waals surface area contributed by atoms with Crippen molar-refractivity contribution in [2.75, 3.05) is 13.2 Å². The van der Waals surface area contributed by atoms with E-state index in [2.05, 4.69) is 15.4 Å². The molecular formula is C14H14N4O4. The predicted molar refractivity (Wildman–Crippen MR) is 75.7 cm³/mol. The van der Waals surface area contributed by atoms with Gasteiger partial charge in [-0.05, 0) is 18.2 Å². The quantitative estimate of drug-likeness (QED) is 0.762. The minimum atomic E-state index is -0.772. The summed E-state index contributed by atoms with van der Waals surface area (Å²) in [6, 6.07) is 4.15. The molecule has 3 rings (SSSR count). The number of pyridine rings is 1. The van der Waals surface area contributed by atoms with E-state index >= 15 is 0 Å². The van der Waals surface area contributed by atoms with E-state index < -0.39 is 23.6 Å². The first kappa shape index (κ1) is 14.4. The molecule has 2 N–H and O–H groups in total. The van der Waals surface area contributed by atoms with E-state index in [1.54, 1.807) is 18.3 Å². The average molecular weight is 302 g/mol. The second-order valence-electron chi connectivity index (χ2n) is 4.86. The average Bonchev–Trinajstić information content (AvgIpc) is 2.93. The lowest BCUT2D eigenvalue weighted by Crippen LogP contribution is -2.44. The molecular weight excluding hydrogens is 288 g/mol. The Morgan fingerprint density at radius 2 is 2.23 bits per heavy atom. The molecule has 1 aliphatic heterocycles. The van der Waals surface area contributed by atoms with Crippen molar-refractivity contribution in [1.82, 2.24) is 20.1 Å². The van der Waals surface area contributed by atoms with Crippen molar-refractivity contribution in [3.05, 3.63) is 52.7 Å². The molecule has 8 nitrogen and oxygen atoms in total. The number of hydrogen-bond acceptors (Lipinski definition) is 6. The van der Waals surface area contributed by atoms with E-state index in [0.717, 1.165) is 4.68 Å². The van der Waals surface area contributed by atoms with Gasteiger partial charge in [0.25, 0.3) is 11.5 Å². The zero-order chi connectivity index (χ0) is 15.5. The Balaban J connectivity index is 1.88. The van der Waals surface area contributed by atoms with Crippen molar-refractivity contribution in [2.24, 2.45) is 0 Å². The summed E-state index contributed by atoms with van der Waals surface area (Å²) in [7, 11) is 0. The summed E-state index contributed by atoms with van der Waals surface area (Å²) in [6.07, 6.45) is 3.65. The van der Waals surface area contributed by atoms with Crippen LogP contribution in [0.15, 0.2) is 41.6 Å². The number of carbonyl (C=O) groups is 1. The fourth-order valence-corrected chi connectivity index (χ4v) is 2.18. The lowest BCUT2D eigenvalue weighted by Gasteiger charge is -2.14. The zero-order valence-electron chi connectivity index (χ0n) is 11.5. The van der Waals surface area contributed by atoms with Crippen LogP contribution in [0.4, 0.5) is 0 Å². The van der Waals surface area contributed by atoms with Gasteiger partial charge in [-0.2, -0.15) is 9.78 Å². The van der Waals surface area contributed by atoms with Crippen LogP contribution in [0.3, 0.4) is 0 Å².